The van der Waals surface area contributed by atoms with Gasteiger partial charge >= 0.3 is 6.03 Å². The largest absolute Gasteiger partial charge is 0.449 e. The summed E-state index contributed by atoms with van der Waals surface area (Å²) in [4.78, 5) is 39.8. The van der Waals surface area contributed by atoms with Crippen LogP contribution in [0.3, 0.4) is 0 Å². The zero-order valence-electron chi connectivity index (χ0n) is 16.9. The molecule has 1 N–H and O–H groups in total. The number of anilines is 1. The van der Waals surface area contributed by atoms with Crippen molar-refractivity contribution >= 4 is 68.9 Å². The van der Waals surface area contributed by atoms with E-state index in [1.165, 1.54) is 17.8 Å². The Bertz CT molecular complexity index is 1260. The lowest BCUT2D eigenvalue weighted by molar-refractivity contribution is -0.122. The van der Waals surface area contributed by atoms with Crippen LogP contribution < -0.4 is 10.2 Å². The molecule has 2 aromatic carbocycles. The molecule has 9 heteroatoms. The Morgan fingerprint density at radius 1 is 1.03 bits per heavy atom. The topological polar surface area (TPSA) is 79.6 Å². The SMILES string of the molecule is Cc1cc(C)cc(N2C(=O)NC(=O)/C(=C\c3cc(Br)c(Sc4ccc(Cl)cc4)o3)C2=O)c1. The number of carbonyl (C=O) groups excluding carboxylic acids is 3. The highest BCUT2D eigenvalue weighted by Gasteiger charge is 2.37. The lowest BCUT2D eigenvalue weighted by atomic mass is 10.1. The summed E-state index contributed by atoms with van der Waals surface area (Å²) in [6.07, 6.45) is 1.33. The molecule has 1 fully saturated rings. The van der Waals surface area contributed by atoms with Gasteiger partial charge < -0.3 is 4.42 Å². The Morgan fingerprint density at radius 3 is 2.34 bits per heavy atom. The van der Waals surface area contributed by atoms with Gasteiger partial charge in [-0.25, -0.2) is 9.69 Å². The highest BCUT2D eigenvalue weighted by Crippen LogP contribution is 2.37. The van der Waals surface area contributed by atoms with E-state index in [-0.39, 0.29) is 5.57 Å². The third-order valence-corrected chi connectivity index (χ3v) is 6.65. The van der Waals surface area contributed by atoms with Gasteiger partial charge in [0.05, 0.1) is 10.2 Å². The molecule has 32 heavy (non-hydrogen) atoms. The number of furan rings is 1. The van der Waals surface area contributed by atoms with Gasteiger partial charge in [-0.1, -0.05) is 29.4 Å². The van der Waals surface area contributed by atoms with Gasteiger partial charge in [0.15, 0.2) is 5.09 Å². The average Bonchev–Trinajstić information content (AvgIpc) is 3.05. The van der Waals surface area contributed by atoms with Crippen LogP contribution in [0.2, 0.25) is 5.02 Å². The lowest BCUT2D eigenvalue weighted by Crippen LogP contribution is -2.54. The lowest BCUT2D eigenvalue weighted by Gasteiger charge is -2.26. The minimum absolute atomic E-state index is 0.201. The summed E-state index contributed by atoms with van der Waals surface area (Å²) >= 11 is 10.7. The van der Waals surface area contributed by atoms with Crippen LogP contribution in [0.25, 0.3) is 6.08 Å². The summed E-state index contributed by atoms with van der Waals surface area (Å²) in [6.45, 7) is 3.73. The molecule has 0 bridgehead atoms. The van der Waals surface area contributed by atoms with Crippen molar-refractivity contribution in [2.45, 2.75) is 23.8 Å². The Labute approximate surface area is 201 Å². The number of nitrogens with one attached hydrogen (secondary N) is 1. The second-order valence-corrected chi connectivity index (χ2v) is 9.48. The van der Waals surface area contributed by atoms with Gasteiger partial charge in [-0.3, -0.25) is 14.9 Å². The summed E-state index contributed by atoms with van der Waals surface area (Å²) in [6, 6.07) is 13.5. The number of hydrogen-bond acceptors (Lipinski definition) is 5. The summed E-state index contributed by atoms with van der Waals surface area (Å²) in [5, 5.41) is 3.40. The molecule has 4 rings (SSSR count). The van der Waals surface area contributed by atoms with Crippen LogP contribution in [0.4, 0.5) is 10.5 Å². The molecule has 0 spiro atoms. The van der Waals surface area contributed by atoms with E-state index < -0.39 is 17.8 Å². The Kier molecular flexibility index (Phi) is 6.28. The van der Waals surface area contributed by atoms with Gasteiger partial charge in [-0.15, -0.1) is 0 Å². The fourth-order valence-corrected chi connectivity index (χ4v) is 4.69. The molecule has 0 unspecified atom stereocenters. The number of rotatable bonds is 4. The number of barbiturate groups is 1. The Hall–Kier alpha value is -2.81. The summed E-state index contributed by atoms with van der Waals surface area (Å²) in [5.74, 6) is -1.20. The molecule has 0 radical (unpaired) electrons. The molecule has 1 aliphatic rings. The van der Waals surface area contributed by atoms with Crippen molar-refractivity contribution < 1.29 is 18.8 Å². The van der Waals surface area contributed by atoms with Crippen molar-refractivity contribution in [2.75, 3.05) is 4.90 Å². The predicted molar refractivity (Wildman–Crippen MR) is 127 cm³/mol. The zero-order chi connectivity index (χ0) is 23.0. The standard InChI is InChI=1S/C23H16BrClN2O4S/c1-12-7-13(2)9-15(8-12)27-21(29)18(20(28)26-23(27)30)10-16-11-19(24)22(31-16)32-17-5-3-14(25)4-6-17/h3-11H,1-2H3,(H,26,28,30)/b18-10+. The molecule has 1 saturated heterocycles. The van der Waals surface area contributed by atoms with E-state index in [1.807, 2.05) is 32.0 Å². The van der Waals surface area contributed by atoms with Crippen LogP contribution in [0.1, 0.15) is 16.9 Å². The van der Waals surface area contributed by atoms with Crippen LogP contribution in [0, 0.1) is 13.8 Å². The molecule has 2 heterocycles. The Morgan fingerprint density at radius 2 is 1.69 bits per heavy atom. The minimum Gasteiger partial charge on any atom is -0.449 e. The first-order valence-electron chi connectivity index (χ1n) is 9.44. The van der Waals surface area contributed by atoms with E-state index in [9.17, 15) is 14.4 Å². The highest BCUT2D eigenvalue weighted by atomic mass is 79.9. The van der Waals surface area contributed by atoms with E-state index in [2.05, 4.69) is 21.2 Å². The second-order valence-electron chi connectivity index (χ2n) is 7.14. The van der Waals surface area contributed by atoms with E-state index in [1.54, 1.807) is 30.3 Å². The van der Waals surface area contributed by atoms with Crippen molar-refractivity contribution in [3.05, 3.63) is 80.5 Å². The molecule has 1 aromatic heterocycles. The number of imide groups is 2. The fourth-order valence-electron chi connectivity index (χ4n) is 3.23. The number of nitrogens with zero attached hydrogens (tertiary/aromatic N) is 1. The minimum atomic E-state index is -0.790. The number of amides is 4. The van der Waals surface area contributed by atoms with Crippen LogP contribution in [-0.2, 0) is 9.59 Å². The van der Waals surface area contributed by atoms with E-state index >= 15 is 0 Å². The van der Waals surface area contributed by atoms with Gasteiger partial charge in [-0.05, 0) is 89.4 Å². The van der Waals surface area contributed by atoms with Crippen molar-refractivity contribution in [2.24, 2.45) is 0 Å². The van der Waals surface area contributed by atoms with Crippen molar-refractivity contribution in [3.63, 3.8) is 0 Å². The van der Waals surface area contributed by atoms with Gasteiger partial charge in [0.2, 0.25) is 0 Å². The third kappa shape index (κ3) is 4.67. The molecule has 162 valence electrons. The molecule has 6 nitrogen and oxygen atoms in total. The van der Waals surface area contributed by atoms with E-state index in [0.29, 0.717) is 26.0 Å². The second kappa shape index (κ2) is 8.97. The normalized spacial score (nSPS) is 15.4. The number of halogens is 2. The van der Waals surface area contributed by atoms with Crippen molar-refractivity contribution in [1.29, 1.82) is 0 Å². The van der Waals surface area contributed by atoms with Crippen LogP contribution in [-0.4, -0.2) is 17.8 Å². The van der Waals surface area contributed by atoms with Crippen molar-refractivity contribution in [1.82, 2.24) is 5.32 Å². The van der Waals surface area contributed by atoms with E-state index in [4.69, 9.17) is 16.0 Å². The molecule has 4 amide bonds. The third-order valence-electron chi connectivity index (χ3n) is 4.55. The smallest absolute Gasteiger partial charge is 0.335 e. The number of carbonyl (C=O) groups is 3. The first-order valence-corrected chi connectivity index (χ1v) is 11.4. The maximum atomic E-state index is 13.1. The maximum absolute atomic E-state index is 13.1. The predicted octanol–water partition coefficient (Wildman–Crippen LogP) is 6.13. The average molecular weight is 532 g/mol. The summed E-state index contributed by atoms with van der Waals surface area (Å²) in [7, 11) is 0. The molecule has 0 aliphatic carbocycles. The molecule has 0 saturated carbocycles. The number of urea groups is 1. The summed E-state index contributed by atoms with van der Waals surface area (Å²) < 4.78 is 6.49. The summed E-state index contributed by atoms with van der Waals surface area (Å²) in [5.41, 5.74) is 1.97. The first-order chi connectivity index (χ1) is 15.2. The van der Waals surface area contributed by atoms with Gasteiger partial charge in [0, 0.05) is 9.92 Å². The fraction of sp³-hybridized carbons (Fsp3) is 0.0870. The number of aryl methyl sites for hydroxylation is 2. The van der Waals surface area contributed by atoms with Crippen LogP contribution in [0.15, 0.2) is 73.0 Å². The molecular weight excluding hydrogens is 516 g/mol. The molecular formula is C23H16BrClN2O4S. The van der Waals surface area contributed by atoms with Gasteiger partial charge in [0.1, 0.15) is 11.3 Å². The van der Waals surface area contributed by atoms with Gasteiger partial charge in [-0.2, -0.15) is 0 Å². The molecule has 0 atom stereocenters. The van der Waals surface area contributed by atoms with Crippen molar-refractivity contribution in [3.8, 4) is 0 Å². The van der Waals surface area contributed by atoms with E-state index in [0.717, 1.165) is 20.9 Å². The number of benzene rings is 2. The van der Waals surface area contributed by atoms with Crippen LogP contribution >= 0.6 is 39.3 Å². The van der Waals surface area contributed by atoms with Gasteiger partial charge in [0.25, 0.3) is 11.8 Å². The van der Waals surface area contributed by atoms with Crippen LogP contribution in [0.5, 0.6) is 0 Å². The first kappa shape index (κ1) is 22.4. The maximum Gasteiger partial charge on any atom is 0.335 e. The monoisotopic (exact) mass is 530 g/mol. The quantitative estimate of drug-likeness (QED) is 0.324. The molecule has 1 aliphatic heterocycles. The number of hydrogen-bond donors (Lipinski definition) is 1. The Balaban J connectivity index is 1.65. The highest BCUT2D eigenvalue weighted by molar-refractivity contribution is 9.10. The zero-order valence-corrected chi connectivity index (χ0v) is 20.1. The molecule has 3 aromatic rings.